The van der Waals surface area contributed by atoms with Crippen molar-refractivity contribution in [3.05, 3.63) is 58.7 Å². The van der Waals surface area contributed by atoms with Gasteiger partial charge in [-0.05, 0) is 86.2 Å². The molecule has 0 atom stereocenters. The first-order valence-electron chi connectivity index (χ1n) is 9.31. The van der Waals surface area contributed by atoms with Gasteiger partial charge in [-0.25, -0.2) is 0 Å². The monoisotopic (exact) mass is 355 g/mol. The average molecular weight is 355 g/mol. The molecule has 0 aliphatic carbocycles. The molecule has 4 nitrogen and oxygen atoms in total. The summed E-state index contributed by atoms with van der Waals surface area (Å²) in [6.45, 7) is 7.04. The summed E-state index contributed by atoms with van der Waals surface area (Å²) < 4.78 is 11.1. The molecule has 0 spiro atoms. The second-order valence-corrected chi connectivity index (χ2v) is 6.38. The Morgan fingerprint density at radius 2 is 1.81 bits per heavy atom. The van der Waals surface area contributed by atoms with Gasteiger partial charge in [0.2, 0.25) is 0 Å². The summed E-state index contributed by atoms with van der Waals surface area (Å²) >= 11 is 0. The third-order valence-corrected chi connectivity index (χ3v) is 4.24. The molecule has 0 aliphatic heterocycles. The van der Waals surface area contributed by atoms with Crippen LogP contribution in [0.25, 0.3) is 0 Å². The topological polar surface area (TPSA) is 61.5 Å². The zero-order chi connectivity index (χ0) is 18.9. The lowest BCUT2D eigenvalue weighted by Crippen LogP contribution is -2.06. The van der Waals surface area contributed by atoms with Crippen LogP contribution in [0.5, 0.6) is 11.5 Å². The van der Waals surface area contributed by atoms with Gasteiger partial charge in [-0.15, -0.1) is 0 Å². The van der Waals surface area contributed by atoms with Crippen molar-refractivity contribution in [2.24, 2.45) is 5.73 Å². The molecule has 0 aliphatic rings. The van der Waals surface area contributed by atoms with Crippen molar-refractivity contribution in [1.82, 2.24) is 0 Å². The first kappa shape index (κ1) is 20.0. The summed E-state index contributed by atoms with van der Waals surface area (Å²) in [6, 6.07) is 12.3. The molecule has 4 heteroatoms. The third-order valence-electron chi connectivity index (χ3n) is 4.24. The fourth-order valence-electron chi connectivity index (χ4n) is 3.04. The molecule has 0 fully saturated rings. The SMILES string of the molecule is CCOC(=O)CCc1ccc(Oc2cc(C)cc(CCN)c2)cc1CC. The van der Waals surface area contributed by atoms with Gasteiger partial charge >= 0.3 is 5.97 Å². The molecule has 0 saturated heterocycles. The van der Waals surface area contributed by atoms with Crippen molar-refractivity contribution in [3.63, 3.8) is 0 Å². The number of nitrogens with two attached hydrogens (primary N) is 1. The summed E-state index contributed by atoms with van der Waals surface area (Å²) in [5.74, 6) is 1.49. The molecule has 2 rings (SSSR count). The average Bonchev–Trinajstić information content (AvgIpc) is 2.60. The Labute approximate surface area is 156 Å². The van der Waals surface area contributed by atoms with E-state index in [1.54, 1.807) is 0 Å². The molecule has 2 aromatic rings. The second kappa shape index (κ2) is 9.97. The minimum absolute atomic E-state index is 0.151. The van der Waals surface area contributed by atoms with Crippen molar-refractivity contribution in [1.29, 1.82) is 0 Å². The fourth-order valence-corrected chi connectivity index (χ4v) is 3.04. The summed E-state index contributed by atoms with van der Waals surface area (Å²) in [6.07, 6.45) is 2.82. The number of rotatable bonds is 9. The molecular formula is C22H29NO3. The van der Waals surface area contributed by atoms with Crippen LogP contribution in [-0.2, 0) is 28.8 Å². The molecule has 26 heavy (non-hydrogen) atoms. The van der Waals surface area contributed by atoms with Crippen LogP contribution in [0, 0.1) is 6.92 Å². The predicted molar refractivity (Wildman–Crippen MR) is 105 cm³/mol. The quantitative estimate of drug-likeness (QED) is 0.680. The van der Waals surface area contributed by atoms with Gasteiger partial charge in [0.1, 0.15) is 11.5 Å². The van der Waals surface area contributed by atoms with E-state index in [1.807, 2.05) is 31.2 Å². The molecule has 2 N–H and O–H groups in total. The lowest BCUT2D eigenvalue weighted by molar-refractivity contribution is -0.143. The molecule has 0 aromatic heterocycles. The molecule has 0 amide bonds. The molecule has 0 bridgehead atoms. The number of carbonyl (C=O) groups is 1. The third kappa shape index (κ3) is 5.88. The summed E-state index contributed by atoms with van der Waals surface area (Å²) in [5.41, 5.74) is 10.4. The van der Waals surface area contributed by atoms with Gasteiger partial charge in [0, 0.05) is 6.42 Å². The number of aryl methyl sites for hydroxylation is 3. The smallest absolute Gasteiger partial charge is 0.306 e. The Bertz CT molecular complexity index is 740. The van der Waals surface area contributed by atoms with Crippen molar-refractivity contribution in [2.75, 3.05) is 13.2 Å². The first-order valence-corrected chi connectivity index (χ1v) is 9.31. The van der Waals surface area contributed by atoms with E-state index in [9.17, 15) is 4.79 Å². The fraction of sp³-hybridized carbons (Fsp3) is 0.409. The molecule has 0 unspecified atom stereocenters. The van der Waals surface area contributed by atoms with Crippen molar-refractivity contribution >= 4 is 5.97 Å². The van der Waals surface area contributed by atoms with Crippen LogP contribution in [0.1, 0.15) is 42.5 Å². The number of hydrogen-bond donors (Lipinski definition) is 1. The van der Waals surface area contributed by atoms with Crippen LogP contribution in [-0.4, -0.2) is 19.1 Å². The van der Waals surface area contributed by atoms with Gasteiger partial charge in [0.25, 0.3) is 0 Å². The molecule has 140 valence electrons. The van der Waals surface area contributed by atoms with E-state index in [1.165, 1.54) is 16.7 Å². The second-order valence-electron chi connectivity index (χ2n) is 6.38. The Morgan fingerprint density at radius 3 is 2.50 bits per heavy atom. The minimum atomic E-state index is -0.151. The van der Waals surface area contributed by atoms with Gasteiger partial charge < -0.3 is 15.2 Å². The van der Waals surface area contributed by atoms with E-state index in [4.69, 9.17) is 15.2 Å². The molecule has 0 saturated carbocycles. The highest BCUT2D eigenvalue weighted by Gasteiger charge is 2.09. The van der Waals surface area contributed by atoms with Crippen LogP contribution < -0.4 is 10.5 Å². The lowest BCUT2D eigenvalue weighted by Gasteiger charge is -2.13. The van der Waals surface area contributed by atoms with E-state index in [-0.39, 0.29) is 5.97 Å². The standard InChI is InChI=1S/C22H29NO3/c1-4-18-15-20(8-6-19(18)7-9-22(24)25-5-2)26-21-13-16(3)12-17(14-21)10-11-23/h6,8,12-15H,4-5,7,9-11,23H2,1-3H3. The number of ether oxygens (including phenoxy) is 2. The van der Waals surface area contributed by atoms with E-state index in [0.717, 1.165) is 29.9 Å². The van der Waals surface area contributed by atoms with Crippen LogP contribution >= 0.6 is 0 Å². The van der Waals surface area contributed by atoms with Gasteiger partial charge in [-0.1, -0.05) is 19.1 Å². The lowest BCUT2D eigenvalue weighted by atomic mass is 10.0. The van der Waals surface area contributed by atoms with Gasteiger partial charge in [-0.2, -0.15) is 0 Å². The molecule has 0 heterocycles. The Morgan fingerprint density at radius 1 is 1.00 bits per heavy atom. The predicted octanol–water partition coefficient (Wildman–Crippen LogP) is 4.35. The van der Waals surface area contributed by atoms with Gasteiger partial charge in [0.15, 0.2) is 0 Å². The van der Waals surface area contributed by atoms with Gasteiger partial charge in [-0.3, -0.25) is 4.79 Å². The highest BCUT2D eigenvalue weighted by Crippen LogP contribution is 2.27. The summed E-state index contributed by atoms with van der Waals surface area (Å²) in [5, 5.41) is 0. The van der Waals surface area contributed by atoms with E-state index in [0.29, 0.717) is 26.0 Å². The molecule has 0 radical (unpaired) electrons. The first-order chi connectivity index (χ1) is 12.5. The minimum Gasteiger partial charge on any atom is -0.466 e. The maximum absolute atomic E-state index is 11.6. The zero-order valence-electron chi connectivity index (χ0n) is 16.0. The van der Waals surface area contributed by atoms with Crippen molar-refractivity contribution < 1.29 is 14.3 Å². The van der Waals surface area contributed by atoms with Crippen LogP contribution in [0.4, 0.5) is 0 Å². The number of hydrogen-bond acceptors (Lipinski definition) is 4. The number of carbonyl (C=O) groups excluding carboxylic acids is 1. The zero-order valence-corrected chi connectivity index (χ0v) is 16.0. The van der Waals surface area contributed by atoms with Gasteiger partial charge in [0.05, 0.1) is 6.61 Å². The summed E-state index contributed by atoms with van der Waals surface area (Å²) in [7, 11) is 0. The van der Waals surface area contributed by atoms with E-state index < -0.39 is 0 Å². The Hall–Kier alpha value is -2.33. The van der Waals surface area contributed by atoms with Crippen molar-refractivity contribution in [3.8, 4) is 11.5 Å². The largest absolute Gasteiger partial charge is 0.466 e. The normalized spacial score (nSPS) is 10.6. The maximum atomic E-state index is 11.6. The highest BCUT2D eigenvalue weighted by atomic mass is 16.5. The highest BCUT2D eigenvalue weighted by molar-refractivity contribution is 5.69. The van der Waals surface area contributed by atoms with Crippen molar-refractivity contribution in [2.45, 2.75) is 46.5 Å². The van der Waals surface area contributed by atoms with Crippen LogP contribution in [0.2, 0.25) is 0 Å². The van der Waals surface area contributed by atoms with E-state index in [2.05, 4.69) is 26.0 Å². The van der Waals surface area contributed by atoms with E-state index >= 15 is 0 Å². The molecule has 2 aromatic carbocycles. The van der Waals surface area contributed by atoms with Crippen LogP contribution in [0.3, 0.4) is 0 Å². The number of benzene rings is 2. The Balaban J connectivity index is 2.12. The maximum Gasteiger partial charge on any atom is 0.306 e. The Kier molecular flexibility index (Phi) is 7.67. The number of esters is 1. The molecular weight excluding hydrogens is 326 g/mol. The summed E-state index contributed by atoms with van der Waals surface area (Å²) in [4.78, 5) is 11.6. The van der Waals surface area contributed by atoms with Crippen LogP contribution in [0.15, 0.2) is 36.4 Å².